The highest BCUT2D eigenvalue weighted by Crippen LogP contribution is 2.13. The normalized spacial score (nSPS) is 12.6. The van der Waals surface area contributed by atoms with Gasteiger partial charge in [0.25, 0.3) is 0 Å². The molecule has 0 radical (unpaired) electrons. The van der Waals surface area contributed by atoms with E-state index in [0.29, 0.717) is 0 Å². The Morgan fingerprint density at radius 3 is 2.29 bits per heavy atom. The van der Waals surface area contributed by atoms with E-state index in [1.807, 2.05) is 0 Å². The molecule has 1 aromatic heterocycles. The molecule has 0 amide bonds. The summed E-state index contributed by atoms with van der Waals surface area (Å²) in [4.78, 5) is 0. The highest BCUT2D eigenvalue weighted by Gasteiger charge is 2.06. The van der Waals surface area contributed by atoms with Crippen molar-refractivity contribution in [3.8, 4) is 0 Å². The number of hydrogen-bond acceptors (Lipinski definition) is 2. The van der Waals surface area contributed by atoms with Crippen LogP contribution >= 0.6 is 11.3 Å². The summed E-state index contributed by atoms with van der Waals surface area (Å²) in [5, 5.41) is 4.29. The van der Waals surface area contributed by atoms with Crippen LogP contribution in [0.5, 0.6) is 0 Å². The van der Waals surface area contributed by atoms with E-state index in [1.165, 1.54) is 22.3 Å². The Bertz CT molecular complexity index is 453. The lowest BCUT2D eigenvalue weighted by Gasteiger charge is -2.12. The van der Waals surface area contributed by atoms with Crippen LogP contribution in [0.2, 0.25) is 0 Å². The minimum absolute atomic E-state index is 0.214. The Morgan fingerprint density at radius 2 is 1.71 bits per heavy atom. The average molecular weight is 245 g/mol. The zero-order chi connectivity index (χ0) is 12.3. The van der Waals surface area contributed by atoms with Crippen LogP contribution in [0.1, 0.15) is 22.3 Å². The van der Waals surface area contributed by atoms with Crippen LogP contribution in [-0.2, 0) is 12.8 Å². The van der Waals surface area contributed by atoms with Crippen molar-refractivity contribution in [1.82, 2.24) is 0 Å². The second-order valence-corrected chi connectivity index (χ2v) is 5.58. The summed E-state index contributed by atoms with van der Waals surface area (Å²) in [6.07, 6.45) is 1.93. The van der Waals surface area contributed by atoms with Gasteiger partial charge in [-0.05, 0) is 54.6 Å². The third kappa shape index (κ3) is 3.69. The molecule has 2 heteroatoms. The highest BCUT2D eigenvalue weighted by molar-refractivity contribution is 7.07. The van der Waals surface area contributed by atoms with Gasteiger partial charge in [0, 0.05) is 6.04 Å². The van der Waals surface area contributed by atoms with Gasteiger partial charge in [0.05, 0.1) is 0 Å². The van der Waals surface area contributed by atoms with Crippen molar-refractivity contribution in [3.05, 3.63) is 57.3 Å². The first-order valence-electron chi connectivity index (χ1n) is 5.97. The van der Waals surface area contributed by atoms with Crippen LogP contribution in [-0.4, -0.2) is 6.04 Å². The summed E-state index contributed by atoms with van der Waals surface area (Å²) in [5.74, 6) is 0. The van der Waals surface area contributed by atoms with Crippen molar-refractivity contribution in [3.63, 3.8) is 0 Å². The van der Waals surface area contributed by atoms with Crippen molar-refractivity contribution in [2.75, 3.05) is 0 Å². The Kier molecular flexibility index (Phi) is 3.97. The first kappa shape index (κ1) is 12.3. The fraction of sp³-hybridized carbons (Fsp3) is 0.333. The molecule has 0 spiro atoms. The van der Waals surface area contributed by atoms with E-state index in [9.17, 15) is 0 Å². The standard InChI is InChI=1S/C15H19NS/c1-11-5-12(2)7-14(6-11)9-15(16)8-13-3-4-17-10-13/h3-7,10,15H,8-9,16H2,1-2H3. The molecule has 0 bridgehead atoms. The van der Waals surface area contributed by atoms with E-state index < -0.39 is 0 Å². The monoisotopic (exact) mass is 245 g/mol. The van der Waals surface area contributed by atoms with Crippen molar-refractivity contribution in [2.24, 2.45) is 5.73 Å². The second kappa shape index (κ2) is 5.48. The number of hydrogen-bond donors (Lipinski definition) is 1. The molecule has 0 aliphatic heterocycles. The molecule has 2 N–H and O–H groups in total. The van der Waals surface area contributed by atoms with Gasteiger partial charge in [-0.2, -0.15) is 11.3 Å². The van der Waals surface area contributed by atoms with Gasteiger partial charge in [-0.3, -0.25) is 0 Å². The summed E-state index contributed by atoms with van der Waals surface area (Å²) in [7, 11) is 0. The van der Waals surface area contributed by atoms with Crippen LogP contribution in [0.25, 0.3) is 0 Å². The molecular weight excluding hydrogens is 226 g/mol. The average Bonchev–Trinajstić information content (AvgIpc) is 2.67. The maximum Gasteiger partial charge on any atom is 0.0120 e. The molecule has 1 nitrogen and oxygen atoms in total. The van der Waals surface area contributed by atoms with E-state index in [-0.39, 0.29) is 6.04 Å². The van der Waals surface area contributed by atoms with Crippen molar-refractivity contribution >= 4 is 11.3 Å². The third-order valence-corrected chi connectivity index (χ3v) is 3.59. The summed E-state index contributed by atoms with van der Waals surface area (Å²) >= 11 is 1.74. The van der Waals surface area contributed by atoms with Gasteiger partial charge >= 0.3 is 0 Å². The van der Waals surface area contributed by atoms with Gasteiger partial charge in [-0.25, -0.2) is 0 Å². The fourth-order valence-electron chi connectivity index (χ4n) is 2.27. The molecule has 0 fully saturated rings. The van der Waals surface area contributed by atoms with Crippen LogP contribution in [0.15, 0.2) is 35.0 Å². The number of nitrogens with two attached hydrogens (primary N) is 1. The largest absolute Gasteiger partial charge is 0.327 e. The first-order valence-corrected chi connectivity index (χ1v) is 6.91. The molecule has 2 aromatic rings. The SMILES string of the molecule is Cc1cc(C)cc(CC(N)Cc2ccsc2)c1. The lowest BCUT2D eigenvalue weighted by molar-refractivity contribution is 0.665. The van der Waals surface area contributed by atoms with Gasteiger partial charge in [-0.15, -0.1) is 0 Å². The molecule has 0 aliphatic rings. The molecule has 2 rings (SSSR count). The van der Waals surface area contributed by atoms with E-state index in [1.54, 1.807) is 11.3 Å². The lowest BCUT2D eigenvalue weighted by atomic mass is 9.98. The van der Waals surface area contributed by atoms with Crippen molar-refractivity contribution in [1.29, 1.82) is 0 Å². The lowest BCUT2D eigenvalue weighted by Crippen LogP contribution is -2.25. The third-order valence-electron chi connectivity index (χ3n) is 2.86. The molecule has 90 valence electrons. The molecule has 0 saturated carbocycles. The smallest absolute Gasteiger partial charge is 0.0120 e. The molecule has 1 aromatic carbocycles. The maximum atomic E-state index is 6.20. The Labute approximate surface area is 107 Å². The summed E-state index contributed by atoms with van der Waals surface area (Å²) in [6.45, 7) is 4.28. The first-order chi connectivity index (χ1) is 8.13. The van der Waals surface area contributed by atoms with E-state index in [4.69, 9.17) is 5.73 Å². The van der Waals surface area contributed by atoms with Gasteiger partial charge in [0.15, 0.2) is 0 Å². The molecule has 0 saturated heterocycles. The predicted octanol–water partition coefficient (Wildman–Crippen LogP) is 3.48. The minimum atomic E-state index is 0.214. The van der Waals surface area contributed by atoms with Crippen LogP contribution in [0, 0.1) is 13.8 Å². The summed E-state index contributed by atoms with van der Waals surface area (Å²) in [5.41, 5.74) is 11.6. The van der Waals surface area contributed by atoms with E-state index in [2.05, 4.69) is 48.9 Å². The van der Waals surface area contributed by atoms with Crippen molar-refractivity contribution < 1.29 is 0 Å². The molecular formula is C15H19NS. The number of benzene rings is 1. The summed E-state index contributed by atoms with van der Waals surface area (Å²) in [6, 6.07) is 9.05. The Morgan fingerprint density at radius 1 is 1.06 bits per heavy atom. The molecule has 1 atom stereocenters. The van der Waals surface area contributed by atoms with Gasteiger partial charge in [0.2, 0.25) is 0 Å². The van der Waals surface area contributed by atoms with Gasteiger partial charge in [-0.1, -0.05) is 29.3 Å². The number of aryl methyl sites for hydroxylation is 2. The van der Waals surface area contributed by atoms with Crippen LogP contribution < -0.4 is 5.73 Å². The number of thiophene rings is 1. The molecule has 1 heterocycles. The molecule has 1 unspecified atom stereocenters. The zero-order valence-corrected chi connectivity index (χ0v) is 11.3. The topological polar surface area (TPSA) is 26.0 Å². The van der Waals surface area contributed by atoms with Crippen LogP contribution in [0.4, 0.5) is 0 Å². The fourth-order valence-corrected chi connectivity index (χ4v) is 2.95. The van der Waals surface area contributed by atoms with Gasteiger partial charge < -0.3 is 5.73 Å². The van der Waals surface area contributed by atoms with Crippen LogP contribution in [0.3, 0.4) is 0 Å². The quantitative estimate of drug-likeness (QED) is 0.877. The second-order valence-electron chi connectivity index (χ2n) is 4.80. The maximum absolute atomic E-state index is 6.20. The van der Waals surface area contributed by atoms with Crippen molar-refractivity contribution in [2.45, 2.75) is 32.7 Å². The summed E-state index contributed by atoms with van der Waals surface area (Å²) < 4.78 is 0. The zero-order valence-electron chi connectivity index (χ0n) is 10.4. The minimum Gasteiger partial charge on any atom is -0.327 e. The van der Waals surface area contributed by atoms with E-state index >= 15 is 0 Å². The number of rotatable bonds is 4. The van der Waals surface area contributed by atoms with E-state index in [0.717, 1.165) is 12.8 Å². The predicted molar refractivity (Wildman–Crippen MR) is 75.6 cm³/mol. The molecule has 17 heavy (non-hydrogen) atoms. The Balaban J connectivity index is 2.00. The highest BCUT2D eigenvalue weighted by atomic mass is 32.1. The molecule has 0 aliphatic carbocycles. The Hall–Kier alpha value is -1.12. The van der Waals surface area contributed by atoms with Gasteiger partial charge in [0.1, 0.15) is 0 Å².